The highest BCUT2D eigenvalue weighted by atomic mass is 79.9. The zero-order chi connectivity index (χ0) is 18.8. The second-order valence-electron chi connectivity index (χ2n) is 6.05. The molecule has 4 nitrogen and oxygen atoms in total. The Morgan fingerprint density at radius 3 is 2.42 bits per heavy atom. The third-order valence-corrected chi connectivity index (χ3v) is 5.87. The van der Waals surface area contributed by atoms with E-state index in [4.69, 9.17) is 34.8 Å². The number of pyridine rings is 1. The van der Waals surface area contributed by atoms with Gasteiger partial charge in [0.2, 0.25) is 0 Å². The molecule has 0 unspecified atom stereocenters. The molecule has 2 heterocycles. The number of amides is 1. The predicted octanol–water partition coefficient (Wildman–Crippen LogP) is 5.54. The summed E-state index contributed by atoms with van der Waals surface area (Å²) in [6, 6.07) is 6.56. The highest BCUT2D eigenvalue weighted by Gasteiger charge is 2.29. The molecule has 0 radical (unpaired) electrons. The number of carbonyl (C=O) groups excluding carboxylic acids is 2. The van der Waals surface area contributed by atoms with E-state index in [1.807, 2.05) is 0 Å². The summed E-state index contributed by atoms with van der Waals surface area (Å²) in [7, 11) is 0. The summed E-state index contributed by atoms with van der Waals surface area (Å²) in [6.45, 7) is 0.971. The molecule has 0 saturated carbocycles. The minimum atomic E-state index is -0.177. The van der Waals surface area contributed by atoms with Gasteiger partial charge in [0, 0.05) is 35.2 Å². The first-order valence-electron chi connectivity index (χ1n) is 7.96. The average Bonchev–Trinajstić information content (AvgIpc) is 2.65. The summed E-state index contributed by atoms with van der Waals surface area (Å²) in [4.78, 5) is 31.0. The van der Waals surface area contributed by atoms with Crippen molar-refractivity contribution >= 4 is 62.4 Å². The Bertz CT molecular complexity index is 868. The molecule has 1 amide bonds. The zero-order valence-corrected chi connectivity index (χ0v) is 17.4. The number of Topliss-reactive ketones (excluding diaryl/α,β-unsaturated/α-hetero) is 1. The van der Waals surface area contributed by atoms with Crippen molar-refractivity contribution in [2.24, 2.45) is 5.92 Å². The minimum Gasteiger partial charge on any atom is -0.339 e. The molecule has 136 valence electrons. The van der Waals surface area contributed by atoms with Crippen LogP contribution in [0.25, 0.3) is 0 Å². The Labute approximate surface area is 174 Å². The van der Waals surface area contributed by atoms with Crippen LogP contribution < -0.4 is 0 Å². The molecule has 0 atom stereocenters. The third-order valence-electron chi connectivity index (χ3n) is 4.39. The molecule has 8 heteroatoms. The van der Waals surface area contributed by atoms with Crippen molar-refractivity contribution in [3.63, 3.8) is 0 Å². The van der Waals surface area contributed by atoms with Crippen LogP contribution in [0.4, 0.5) is 0 Å². The first-order chi connectivity index (χ1) is 12.4. The summed E-state index contributed by atoms with van der Waals surface area (Å²) in [5.74, 6) is -0.297. The molecule has 1 aromatic carbocycles. The summed E-state index contributed by atoms with van der Waals surface area (Å²) in [6.07, 6.45) is 2.72. The lowest BCUT2D eigenvalue weighted by Crippen LogP contribution is -2.40. The van der Waals surface area contributed by atoms with Crippen molar-refractivity contribution in [2.75, 3.05) is 13.1 Å². The molecule has 0 spiro atoms. The van der Waals surface area contributed by atoms with Gasteiger partial charge in [-0.15, -0.1) is 0 Å². The average molecular weight is 477 g/mol. The Morgan fingerprint density at radius 2 is 1.77 bits per heavy atom. The summed E-state index contributed by atoms with van der Waals surface area (Å²) in [5.41, 5.74) is 0.902. The van der Waals surface area contributed by atoms with E-state index in [2.05, 4.69) is 20.9 Å². The standard InChI is InChI=1S/C18H14BrCl3N2O2/c19-12-8-13(17(22)23-9-12)18(26)24-5-3-10(4-6-24)16(25)11-1-2-14(20)15(21)7-11/h1-2,7-10H,3-6H2. The Morgan fingerprint density at radius 1 is 1.08 bits per heavy atom. The smallest absolute Gasteiger partial charge is 0.257 e. The summed E-state index contributed by atoms with van der Waals surface area (Å²) < 4.78 is 0.690. The number of rotatable bonds is 3. The van der Waals surface area contributed by atoms with Crippen LogP contribution in [0.1, 0.15) is 33.6 Å². The number of piperidine rings is 1. The number of benzene rings is 1. The lowest BCUT2D eigenvalue weighted by atomic mass is 9.88. The quantitative estimate of drug-likeness (QED) is 0.432. The van der Waals surface area contributed by atoms with Crippen molar-refractivity contribution in [3.05, 3.63) is 61.3 Å². The number of hydrogen-bond acceptors (Lipinski definition) is 3. The van der Waals surface area contributed by atoms with Crippen LogP contribution in [0.2, 0.25) is 15.2 Å². The number of aromatic nitrogens is 1. The van der Waals surface area contributed by atoms with Crippen molar-refractivity contribution in [3.8, 4) is 0 Å². The van der Waals surface area contributed by atoms with Gasteiger partial charge in [-0.05, 0) is 53.0 Å². The second kappa shape index (κ2) is 8.26. The van der Waals surface area contributed by atoms with E-state index in [1.54, 1.807) is 35.4 Å². The van der Waals surface area contributed by atoms with Gasteiger partial charge in [0.1, 0.15) is 5.15 Å². The lowest BCUT2D eigenvalue weighted by molar-refractivity contribution is 0.0650. The molecule has 1 saturated heterocycles. The van der Waals surface area contributed by atoms with E-state index in [0.29, 0.717) is 51.6 Å². The number of nitrogens with zero attached hydrogens (tertiary/aromatic N) is 2. The molecule has 26 heavy (non-hydrogen) atoms. The molecule has 3 rings (SSSR count). The minimum absolute atomic E-state index is 0.0258. The highest BCUT2D eigenvalue weighted by Crippen LogP contribution is 2.28. The second-order valence-corrected chi connectivity index (χ2v) is 8.14. The van der Waals surface area contributed by atoms with E-state index in [9.17, 15) is 9.59 Å². The highest BCUT2D eigenvalue weighted by molar-refractivity contribution is 9.10. The number of carbonyl (C=O) groups is 2. The monoisotopic (exact) mass is 474 g/mol. The van der Waals surface area contributed by atoms with Crippen LogP contribution in [0, 0.1) is 5.92 Å². The fourth-order valence-corrected chi connectivity index (χ4v) is 3.79. The van der Waals surface area contributed by atoms with Gasteiger partial charge in [-0.3, -0.25) is 9.59 Å². The molecule has 1 aliphatic heterocycles. The maximum atomic E-state index is 12.7. The molecule has 0 N–H and O–H groups in total. The fourth-order valence-electron chi connectivity index (χ4n) is 2.97. The van der Waals surface area contributed by atoms with Crippen LogP contribution >= 0.6 is 50.7 Å². The molecule has 0 aliphatic carbocycles. The van der Waals surface area contributed by atoms with Gasteiger partial charge in [0.05, 0.1) is 15.6 Å². The molecule has 0 bridgehead atoms. The first kappa shape index (κ1) is 19.6. The van der Waals surface area contributed by atoms with Gasteiger partial charge in [0.15, 0.2) is 5.78 Å². The zero-order valence-electron chi connectivity index (χ0n) is 13.5. The van der Waals surface area contributed by atoms with Crippen molar-refractivity contribution < 1.29 is 9.59 Å². The largest absolute Gasteiger partial charge is 0.339 e. The van der Waals surface area contributed by atoms with Gasteiger partial charge in [-0.2, -0.15) is 0 Å². The number of hydrogen-bond donors (Lipinski definition) is 0. The Balaban J connectivity index is 1.67. The van der Waals surface area contributed by atoms with E-state index >= 15 is 0 Å². The van der Waals surface area contributed by atoms with Crippen LogP contribution in [-0.4, -0.2) is 34.7 Å². The molecule has 1 fully saturated rings. The topological polar surface area (TPSA) is 50.3 Å². The van der Waals surface area contributed by atoms with Crippen molar-refractivity contribution in [2.45, 2.75) is 12.8 Å². The van der Waals surface area contributed by atoms with Crippen molar-refractivity contribution in [1.29, 1.82) is 0 Å². The van der Waals surface area contributed by atoms with Gasteiger partial charge in [0.25, 0.3) is 5.91 Å². The van der Waals surface area contributed by atoms with Crippen LogP contribution in [0.5, 0.6) is 0 Å². The predicted molar refractivity (Wildman–Crippen MR) is 106 cm³/mol. The van der Waals surface area contributed by atoms with Crippen molar-refractivity contribution in [1.82, 2.24) is 9.88 Å². The van der Waals surface area contributed by atoms with Crippen LogP contribution in [-0.2, 0) is 0 Å². The molecule has 1 aliphatic rings. The van der Waals surface area contributed by atoms with Gasteiger partial charge < -0.3 is 4.90 Å². The van der Waals surface area contributed by atoms with Gasteiger partial charge in [-0.25, -0.2) is 4.98 Å². The van der Waals surface area contributed by atoms with E-state index < -0.39 is 0 Å². The number of likely N-dealkylation sites (tertiary alicyclic amines) is 1. The Kier molecular flexibility index (Phi) is 6.23. The normalized spacial score (nSPS) is 15.2. The summed E-state index contributed by atoms with van der Waals surface area (Å²) in [5, 5.41) is 0.956. The first-order valence-corrected chi connectivity index (χ1v) is 9.89. The number of ketones is 1. The van der Waals surface area contributed by atoms with E-state index in [-0.39, 0.29) is 22.8 Å². The summed E-state index contributed by atoms with van der Waals surface area (Å²) >= 11 is 21.2. The molecular weight excluding hydrogens is 462 g/mol. The van der Waals surface area contributed by atoms with Crippen LogP contribution in [0.15, 0.2) is 34.9 Å². The SMILES string of the molecule is O=C(c1ccc(Cl)c(Cl)c1)C1CCN(C(=O)c2cc(Br)cnc2Cl)CC1. The fraction of sp³-hybridized carbons (Fsp3) is 0.278. The van der Waals surface area contributed by atoms with Gasteiger partial charge in [-0.1, -0.05) is 34.8 Å². The van der Waals surface area contributed by atoms with E-state index in [0.717, 1.165) is 0 Å². The Hall–Kier alpha value is -1.14. The van der Waals surface area contributed by atoms with Gasteiger partial charge >= 0.3 is 0 Å². The molecule has 1 aromatic heterocycles. The molecular formula is C18H14BrCl3N2O2. The van der Waals surface area contributed by atoms with Crippen LogP contribution in [0.3, 0.4) is 0 Å². The maximum absolute atomic E-state index is 12.7. The molecule has 2 aromatic rings. The third kappa shape index (κ3) is 4.22. The lowest BCUT2D eigenvalue weighted by Gasteiger charge is -2.31. The maximum Gasteiger partial charge on any atom is 0.257 e. The number of halogens is 4. The van der Waals surface area contributed by atoms with E-state index in [1.165, 1.54) is 0 Å².